The lowest BCUT2D eigenvalue weighted by atomic mass is 9.43. The van der Waals surface area contributed by atoms with E-state index in [0.717, 1.165) is 25.7 Å². The van der Waals surface area contributed by atoms with Crippen molar-refractivity contribution in [2.45, 2.75) is 96.2 Å². The van der Waals surface area contributed by atoms with Crippen LogP contribution in [0.2, 0.25) is 0 Å². The second-order valence-corrected chi connectivity index (χ2v) is 11.5. The molecular formula is C24H40O7. The number of aliphatic hydroxyl groups is 5. The van der Waals surface area contributed by atoms with Crippen molar-refractivity contribution in [1.29, 1.82) is 0 Å². The van der Waals surface area contributed by atoms with Gasteiger partial charge < -0.3 is 30.6 Å². The number of hydrogen-bond donors (Lipinski definition) is 6. The molecule has 0 aromatic heterocycles. The van der Waals surface area contributed by atoms with Crippen molar-refractivity contribution in [2.75, 3.05) is 0 Å². The van der Waals surface area contributed by atoms with Crippen molar-refractivity contribution in [1.82, 2.24) is 0 Å². The van der Waals surface area contributed by atoms with Crippen molar-refractivity contribution in [2.24, 2.45) is 46.3 Å². The van der Waals surface area contributed by atoms with Crippen LogP contribution in [0.25, 0.3) is 0 Å². The predicted molar refractivity (Wildman–Crippen MR) is 112 cm³/mol. The predicted octanol–water partition coefficient (Wildman–Crippen LogP) is 2.09. The Morgan fingerprint density at radius 2 is 1.74 bits per heavy atom. The molecule has 0 radical (unpaired) electrons. The van der Waals surface area contributed by atoms with Gasteiger partial charge in [0.2, 0.25) is 11.6 Å². The van der Waals surface area contributed by atoms with Gasteiger partial charge >= 0.3 is 5.97 Å². The van der Waals surface area contributed by atoms with E-state index < -0.39 is 58.1 Å². The zero-order chi connectivity index (χ0) is 23.0. The van der Waals surface area contributed by atoms with E-state index in [4.69, 9.17) is 0 Å². The first-order valence-electron chi connectivity index (χ1n) is 12.2. The van der Waals surface area contributed by atoms with Crippen molar-refractivity contribution in [3.05, 3.63) is 0 Å². The summed E-state index contributed by atoms with van der Waals surface area (Å²) in [4.78, 5) is 12.7. The van der Waals surface area contributed by atoms with Crippen molar-refractivity contribution >= 4 is 5.97 Å². The molecule has 4 rings (SSSR count). The van der Waals surface area contributed by atoms with Gasteiger partial charge in [-0.15, -0.1) is 0 Å². The van der Waals surface area contributed by atoms with Gasteiger partial charge in [-0.05, 0) is 61.2 Å². The maximum absolute atomic E-state index is 12.7. The summed E-state index contributed by atoms with van der Waals surface area (Å²) in [6, 6.07) is 0. The van der Waals surface area contributed by atoms with Crippen LogP contribution in [0.5, 0.6) is 0 Å². The molecule has 0 aromatic rings. The van der Waals surface area contributed by atoms with Gasteiger partial charge in [-0.1, -0.05) is 46.5 Å². The Kier molecular flexibility index (Phi) is 5.58. The summed E-state index contributed by atoms with van der Waals surface area (Å²) in [5.41, 5.74) is -1.81. The van der Waals surface area contributed by atoms with Crippen LogP contribution in [-0.4, -0.2) is 54.3 Å². The second kappa shape index (κ2) is 7.39. The number of carbonyl (C=O) groups is 1. The zero-order valence-corrected chi connectivity index (χ0v) is 19.0. The molecule has 0 aromatic carbocycles. The number of aliphatic hydroxyl groups excluding tert-OH is 1. The number of fused-ring (bicyclic) bond motifs is 5. The minimum absolute atomic E-state index is 0.129. The van der Waals surface area contributed by atoms with Crippen LogP contribution >= 0.6 is 0 Å². The lowest BCUT2D eigenvalue weighted by Crippen LogP contribution is -2.65. The molecule has 0 aliphatic heterocycles. The third kappa shape index (κ3) is 2.86. The fourth-order valence-electron chi connectivity index (χ4n) is 9.22. The Morgan fingerprint density at radius 3 is 2.35 bits per heavy atom. The maximum Gasteiger partial charge on any atom is 0.310 e. The largest absolute Gasteiger partial charge is 0.481 e. The molecule has 6 N–H and O–H groups in total. The topological polar surface area (TPSA) is 138 Å². The lowest BCUT2D eigenvalue weighted by molar-refractivity contribution is -0.376. The van der Waals surface area contributed by atoms with Crippen molar-refractivity contribution < 1.29 is 35.4 Å². The first kappa shape index (κ1) is 23.4. The van der Waals surface area contributed by atoms with Crippen LogP contribution in [0.1, 0.15) is 78.6 Å². The highest BCUT2D eigenvalue weighted by atomic mass is 16.6. The van der Waals surface area contributed by atoms with Crippen LogP contribution in [0.4, 0.5) is 0 Å². The summed E-state index contributed by atoms with van der Waals surface area (Å²) in [6.45, 7) is 5.81. The molecule has 2 unspecified atom stereocenters. The van der Waals surface area contributed by atoms with Crippen LogP contribution in [0.3, 0.4) is 0 Å². The van der Waals surface area contributed by atoms with Crippen LogP contribution < -0.4 is 0 Å². The average Bonchev–Trinajstić information content (AvgIpc) is 2.80. The fraction of sp³-hybridized carbons (Fsp3) is 0.958. The van der Waals surface area contributed by atoms with E-state index in [0.29, 0.717) is 32.1 Å². The standard InChI is InChI=1S/C24H40O7/c1-4-7-13(2)18-21(3)11-9-15-17(19(21)24(30,31)23(18,28)29)16(25)12-14-8-5-6-10-22(14,15)20(26)27/h13-19,25,28-31H,4-12H2,1-3H3,(H,26,27)/t13-,14?,15+,16?,17+,18-,19+,21-,22-/m1/s1. The first-order valence-corrected chi connectivity index (χ1v) is 12.2. The van der Waals surface area contributed by atoms with Gasteiger partial charge in [-0.2, -0.15) is 0 Å². The highest BCUT2D eigenvalue weighted by Crippen LogP contribution is 2.71. The first-order chi connectivity index (χ1) is 14.4. The highest BCUT2D eigenvalue weighted by molar-refractivity contribution is 5.76. The fourth-order valence-corrected chi connectivity index (χ4v) is 9.22. The van der Waals surface area contributed by atoms with Gasteiger partial charge in [0.25, 0.3) is 0 Å². The molecule has 7 heteroatoms. The normalized spacial score (nSPS) is 48.9. The molecule has 4 saturated carbocycles. The molecular weight excluding hydrogens is 400 g/mol. The molecule has 0 bridgehead atoms. The molecule has 178 valence electrons. The van der Waals surface area contributed by atoms with Gasteiger partial charge in [0.05, 0.1) is 11.5 Å². The molecule has 0 heterocycles. The molecule has 0 amide bonds. The number of carboxylic acid groups (broad SMARTS) is 1. The molecule has 7 nitrogen and oxygen atoms in total. The van der Waals surface area contributed by atoms with Gasteiger partial charge in [-0.25, -0.2) is 0 Å². The van der Waals surface area contributed by atoms with E-state index in [9.17, 15) is 35.4 Å². The summed E-state index contributed by atoms with van der Waals surface area (Å²) in [5.74, 6) is -9.59. The Bertz CT molecular complexity index is 721. The Morgan fingerprint density at radius 1 is 1.06 bits per heavy atom. The molecule has 31 heavy (non-hydrogen) atoms. The third-order valence-corrected chi connectivity index (χ3v) is 10.1. The Hall–Kier alpha value is -0.730. The van der Waals surface area contributed by atoms with E-state index >= 15 is 0 Å². The summed E-state index contributed by atoms with van der Waals surface area (Å²) in [6.07, 6.45) is 5.05. The lowest BCUT2D eigenvalue weighted by Gasteiger charge is -2.61. The summed E-state index contributed by atoms with van der Waals surface area (Å²) < 4.78 is 0. The van der Waals surface area contributed by atoms with E-state index in [-0.39, 0.29) is 11.8 Å². The van der Waals surface area contributed by atoms with Crippen molar-refractivity contribution in [3.8, 4) is 0 Å². The quantitative estimate of drug-likeness (QED) is 0.368. The minimum Gasteiger partial charge on any atom is -0.481 e. The van der Waals surface area contributed by atoms with E-state index in [1.807, 2.05) is 20.8 Å². The minimum atomic E-state index is -2.82. The molecule has 4 fully saturated rings. The van der Waals surface area contributed by atoms with E-state index in [2.05, 4.69) is 0 Å². The summed E-state index contributed by atoms with van der Waals surface area (Å²) >= 11 is 0. The number of rotatable bonds is 4. The number of carboxylic acids is 1. The van der Waals surface area contributed by atoms with Gasteiger partial charge in [0.1, 0.15) is 0 Å². The number of aliphatic carboxylic acids is 1. The van der Waals surface area contributed by atoms with Crippen LogP contribution in [-0.2, 0) is 4.79 Å². The maximum atomic E-state index is 12.7. The number of hydrogen-bond acceptors (Lipinski definition) is 6. The molecule has 4 aliphatic rings. The average molecular weight is 441 g/mol. The Balaban J connectivity index is 1.83. The van der Waals surface area contributed by atoms with Gasteiger partial charge in [-0.3, -0.25) is 4.79 Å². The molecule has 0 spiro atoms. The van der Waals surface area contributed by atoms with Gasteiger partial charge in [0, 0.05) is 11.8 Å². The van der Waals surface area contributed by atoms with Crippen LogP contribution in [0.15, 0.2) is 0 Å². The summed E-state index contributed by atoms with van der Waals surface area (Å²) in [7, 11) is 0. The monoisotopic (exact) mass is 440 g/mol. The summed E-state index contributed by atoms with van der Waals surface area (Å²) in [5, 5.41) is 66.4. The zero-order valence-electron chi connectivity index (χ0n) is 19.0. The highest BCUT2D eigenvalue weighted by Gasteiger charge is 2.79. The second-order valence-electron chi connectivity index (χ2n) is 11.5. The van der Waals surface area contributed by atoms with Crippen molar-refractivity contribution in [3.63, 3.8) is 0 Å². The SMILES string of the molecule is CCC[C@@H](C)[C@H]1C(O)(O)C(O)(O)[C@H]2[C@@H]3C(O)CC4CCCC[C@]4(C(=O)O)[C@H]3CC[C@@]21C. The third-order valence-electron chi connectivity index (χ3n) is 10.1. The molecule has 9 atom stereocenters. The van der Waals surface area contributed by atoms with Gasteiger partial charge in [0.15, 0.2) is 0 Å². The van der Waals surface area contributed by atoms with E-state index in [1.165, 1.54) is 0 Å². The van der Waals surface area contributed by atoms with E-state index in [1.54, 1.807) is 0 Å². The smallest absolute Gasteiger partial charge is 0.310 e. The Labute approximate surface area is 184 Å². The molecule has 4 aliphatic carbocycles. The molecule has 0 saturated heterocycles. The van der Waals surface area contributed by atoms with Crippen LogP contribution in [0, 0.1) is 46.3 Å².